The number of benzene rings is 1. The number of imide groups is 1. The van der Waals surface area contributed by atoms with Crippen LogP contribution in [-0.2, 0) is 9.59 Å². The predicted molar refractivity (Wildman–Crippen MR) is 71.9 cm³/mol. The Balaban J connectivity index is 2.30. The van der Waals surface area contributed by atoms with Crippen molar-refractivity contribution >= 4 is 40.7 Å². The largest absolute Gasteiger partial charge is 0.395 e. The highest BCUT2D eigenvalue weighted by Crippen LogP contribution is 2.33. The van der Waals surface area contributed by atoms with Crippen molar-refractivity contribution in [3.63, 3.8) is 0 Å². The molecule has 2 rings (SSSR count). The average Bonchev–Trinajstić information content (AvgIpc) is 2.70. The summed E-state index contributed by atoms with van der Waals surface area (Å²) in [6, 6.07) is 0.807. The minimum Gasteiger partial charge on any atom is -0.395 e. The lowest BCUT2D eigenvalue weighted by Gasteiger charge is -2.14. The summed E-state index contributed by atoms with van der Waals surface area (Å²) in [6.45, 7) is -0.583. The monoisotopic (exact) mass is 336 g/mol. The van der Waals surface area contributed by atoms with Crippen molar-refractivity contribution in [3.05, 3.63) is 39.5 Å². The minimum absolute atomic E-state index is 0.184. The number of amides is 2. The van der Waals surface area contributed by atoms with Gasteiger partial charge >= 0.3 is 0 Å². The van der Waals surface area contributed by atoms with Crippen molar-refractivity contribution in [2.45, 2.75) is 0 Å². The number of halogens is 4. The summed E-state index contributed by atoms with van der Waals surface area (Å²) in [4.78, 5) is 24.2. The molecule has 0 aromatic heterocycles. The average molecular weight is 337 g/mol. The number of carbonyl (C=O) groups excluding carboxylic acids is 2. The van der Waals surface area contributed by atoms with Gasteiger partial charge in [-0.3, -0.25) is 14.5 Å². The van der Waals surface area contributed by atoms with Crippen LogP contribution < -0.4 is 5.32 Å². The Morgan fingerprint density at radius 1 is 1.24 bits per heavy atom. The van der Waals surface area contributed by atoms with E-state index in [9.17, 15) is 18.4 Å². The van der Waals surface area contributed by atoms with E-state index in [1.807, 2.05) is 0 Å². The normalized spacial score (nSPS) is 14.7. The van der Waals surface area contributed by atoms with E-state index in [0.29, 0.717) is 0 Å². The summed E-state index contributed by atoms with van der Waals surface area (Å²) in [5.41, 5.74) is -0.453. The molecule has 2 amide bonds. The van der Waals surface area contributed by atoms with Gasteiger partial charge in [-0.1, -0.05) is 23.2 Å². The minimum atomic E-state index is -1.18. The van der Waals surface area contributed by atoms with E-state index in [4.69, 9.17) is 28.3 Å². The third-order valence-corrected chi connectivity index (χ3v) is 3.42. The summed E-state index contributed by atoms with van der Waals surface area (Å²) in [5.74, 6) is -3.63. The van der Waals surface area contributed by atoms with Gasteiger partial charge in [-0.15, -0.1) is 0 Å². The van der Waals surface area contributed by atoms with Gasteiger partial charge in [-0.25, -0.2) is 8.78 Å². The molecule has 5 nitrogen and oxygen atoms in total. The molecular formula is C12H8Cl2F2N2O3. The second-order valence-electron chi connectivity index (χ2n) is 4.05. The Hall–Kier alpha value is -1.70. The number of hydrogen-bond donors (Lipinski definition) is 2. The Morgan fingerprint density at radius 3 is 2.52 bits per heavy atom. The number of nitrogens with one attached hydrogen (secondary N) is 1. The number of anilines is 1. The number of rotatable bonds is 4. The third kappa shape index (κ3) is 2.85. The molecule has 0 radical (unpaired) electrons. The molecule has 112 valence electrons. The molecule has 0 unspecified atom stereocenters. The van der Waals surface area contributed by atoms with Crippen molar-refractivity contribution in [3.8, 4) is 0 Å². The highest BCUT2D eigenvalue weighted by molar-refractivity contribution is 6.37. The maximum absolute atomic E-state index is 13.5. The van der Waals surface area contributed by atoms with Crippen LogP contribution in [0.1, 0.15) is 0 Å². The van der Waals surface area contributed by atoms with Gasteiger partial charge in [0, 0.05) is 12.1 Å². The van der Waals surface area contributed by atoms with Gasteiger partial charge in [0.1, 0.15) is 21.6 Å². The van der Waals surface area contributed by atoms with E-state index in [0.717, 1.165) is 17.0 Å². The van der Waals surface area contributed by atoms with Gasteiger partial charge in [0.25, 0.3) is 11.8 Å². The Labute approximate surface area is 127 Å². The smallest absolute Gasteiger partial charge is 0.277 e. The molecule has 0 fully saturated rings. The quantitative estimate of drug-likeness (QED) is 0.500. The van der Waals surface area contributed by atoms with Gasteiger partial charge in [-0.2, -0.15) is 0 Å². The fourth-order valence-corrected chi connectivity index (χ4v) is 2.11. The molecule has 0 bridgehead atoms. The molecule has 1 aliphatic rings. The van der Waals surface area contributed by atoms with Gasteiger partial charge < -0.3 is 10.4 Å². The molecular weight excluding hydrogens is 329 g/mol. The van der Waals surface area contributed by atoms with Crippen LogP contribution in [0.15, 0.2) is 17.8 Å². The third-order valence-electron chi connectivity index (χ3n) is 2.70. The Kier molecular flexibility index (Phi) is 4.46. The summed E-state index contributed by atoms with van der Waals surface area (Å²) >= 11 is 11.0. The molecule has 0 saturated carbocycles. The van der Waals surface area contributed by atoms with Gasteiger partial charge in [-0.05, 0) is 0 Å². The van der Waals surface area contributed by atoms with E-state index in [2.05, 4.69) is 5.32 Å². The Morgan fingerprint density at radius 2 is 1.90 bits per heavy atom. The molecule has 21 heavy (non-hydrogen) atoms. The van der Waals surface area contributed by atoms with Gasteiger partial charge in [0.2, 0.25) is 0 Å². The topological polar surface area (TPSA) is 69.6 Å². The number of carbonyl (C=O) groups is 2. The summed E-state index contributed by atoms with van der Waals surface area (Å²) in [5, 5.41) is 9.87. The highest BCUT2D eigenvalue weighted by atomic mass is 35.5. The van der Waals surface area contributed by atoms with E-state index in [-0.39, 0.29) is 17.9 Å². The first-order chi connectivity index (χ1) is 9.86. The molecule has 1 aromatic carbocycles. The van der Waals surface area contributed by atoms with Crippen molar-refractivity contribution in [1.29, 1.82) is 0 Å². The first-order valence-corrected chi connectivity index (χ1v) is 6.40. The standard InChI is InChI=1S/C12H8Cl2F2N2O3/c13-9-5(15)3-6(10(14)11(9)16)17-7-4-8(20)18(1-2-19)12(7)21/h3-4,17,19H,1-2H2. The molecule has 0 saturated heterocycles. The van der Waals surface area contributed by atoms with Crippen molar-refractivity contribution in [1.82, 2.24) is 4.90 Å². The number of aliphatic hydroxyl groups is 1. The zero-order valence-electron chi connectivity index (χ0n) is 10.3. The van der Waals surface area contributed by atoms with E-state index < -0.39 is 40.1 Å². The lowest BCUT2D eigenvalue weighted by atomic mass is 10.2. The SMILES string of the molecule is O=C1C=C(Nc2cc(F)c(Cl)c(F)c2Cl)C(=O)N1CCO. The van der Waals surface area contributed by atoms with Gasteiger partial charge in [0.15, 0.2) is 5.82 Å². The first-order valence-electron chi connectivity index (χ1n) is 5.65. The Bertz CT molecular complexity index is 664. The number of hydrogen-bond acceptors (Lipinski definition) is 4. The van der Waals surface area contributed by atoms with Crippen LogP contribution in [0.3, 0.4) is 0 Å². The van der Waals surface area contributed by atoms with Crippen LogP contribution in [0, 0.1) is 11.6 Å². The van der Waals surface area contributed by atoms with E-state index in [1.165, 1.54) is 0 Å². The molecule has 0 atom stereocenters. The van der Waals surface area contributed by atoms with Crippen LogP contribution in [0.5, 0.6) is 0 Å². The lowest BCUT2D eigenvalue weighted by Crippen LogP contribution is -2.34. The van der Waals surface area contributed by atoms with Crippen molar-refractivity contribution < 1.29 is 23.5 Å². The van der Waals surface area contributed by atoms with Crippen LogP contribution in [-0.4, -0.2) is 35.0 Å². The van der Waals surface area contributed by atoms with Crippen LogP contribution in [0.25, 0.3) is 0 Å². The number of β-amino-alcohol motifs (C(OH)–C–C–N with tert-alkyl or cyclic N) is 1. The summed E-state index contributed by atoms with van der Waals surface area (Å²) in [7, 11) is 0. The molecule has 2 N–H and O–H groups in total. The number of aliphatic hydroxyl groups excluding tert-OH is 1. The molecule has 1 aliphatic heterocycles. The molecule has 0 aliphatic carbocycles. The fourth-order valence-electron chi connectivity index (χ4n) is 1.72. The van der Waals surface area contributed by atoms with Crippen molar-refractivity contribution in [2.24, 2.45) is 0 Å². The zero-order valence-corrected chi connectivity index (χ0v) is 11.8. The summed E-state index contributed by atoms with van der Waals surface area (Å²) in [6.07, 6.45) is 0.943. The van der Waals surface area contributed by atoms with Crippen molar-refractivity contribution in [2.75, 3.05) is 18.5 Å². The lowest BCUT2D eigenvalue weighted by molar-refractivity contribution is -0.137. The maximum Gasteiger partial charge on any atom is 0.277 e. The van der Waals surface area contributed by atoms with Crippen LogP contribution in [0.2, 0.25) is 10.0 Å². The van der Waals surface area contributed by atoms with E-state index in [1.54, 1.807) is 0 Å². The molecule has 0 spiro atoms. The molecule has 9 heteroatoms. The fraction of sp³-hybridized carbons (Fsp3) is 0.167. The predicted octanol–water partition coefficient (Wildman–Crippen LogP) is 1.93. The zero-order chi connectivity index (χ0) is 15.7. The second kappa shape index (κ2) is 5.97. The number of nitrogens with zero attached hydrogens (tertiary/aromatic N) is 1. The molecule has 1 heterocycles. The van der Waals surface area contributed by atoms with Crippen LogP contribution in [0.4, 0.5) is 14.5 Å². The second-order valence-corrected chi connectivity index (χ2v) is 4.81. The van der Waals surface area contributed by atoms with Crippen LogP contribution >= 0.6 is 23.2 Å². The first kappa shape index (κ1) is 15.7. The van der Waals surface area contributed by atoms with Gasteiger partial charge in [0.05, 0.1) is 18.8 Å². The molecule has 1 aromatic rings. The van der Waals surface area contributed by atoms with E-state index >= 15 is 0 Å². The summed E-state index contributed by atoms with van der Waals surface area (Å²) < 4.78 is 26.9. The maximum atomic E-state index is 13.5. The highest BCUT2D eigenvalue weighted by Gasteiger charge is 2.31.